The van der Waals surface area contributed by atoms with Crippen molar-refractivity contribution in [1.29, 1.82) is 0 Å². The molecule has 0 spiro atoms. The summed E-state index contributed by atoms with van der Waals surface area (Å²) in [5, 5.41) is 4.58. The molecule has 0 saturated carbocycles. The molecule has 1 aromatic carbocycles. The van der Waals surface area contributed by atoms with Gasteiger partial charge in [-0.1, -0.05) is 36.9 Å². The van der Waals surface area contributed by atoms with Crippen LogP contribution >= 0.6 is 11.3 Å². The van der Waals surface area contributed by atoms with Gasteiger partial charge in [0.1, 0.15) is 0 Å². The molecular weight excluding hydrogens is 250 g/mol. The van der Waals surface area contributed by atoms with Crippen molar-refractivity contribution in [3.05, 3.63) is 59.7 Å². The third-order valence-corrected chi connectivity index (χ3v) is 4.16. The number of hydrogen-bond donors (Lipinski definition) is 0. The van der Waals surface area contributed by atoms with E-state index in [4.69, 9.17) is 4.98 Å². The van der Waals surface area contributed by atoms with E-state index < -0.39 is 0 Å². The predicted octanol–water partition coefficient (Wildman–Crippen LogP) is 5.30. The summed E-state index contributed by atoms with van der Waals surface area (Å²) in [7, 11) is 0. The van der Waals surface area contributed by atoms with Crippen molar-refractivity contribution in [1.82, 2.24) is 4.98 Å². The second kappa shape index (κ2) is 4.63. The molecule has 2 heterocycles. The number of benzene rings is 1. The quantitative estimate of drug-likeness (QED) is 0.612. The third kappa shape index (κ3) is 1.98. The number of aromatic nitrogens is 1. The summed E-state index contributed by atoms with van der Waals surface area (Å²) >= 11 is 1.75. The Labute approximate surface area is 117 Å². The van der Waals surface area contributed by atoms with Gasteiger partial charge in [0.2, 0.25) is 0 Å². The molecule has 0 bridgehead atoms. The number of pyridine rings is 1. The number of nitrogens with zero attached hydrogens (tertiary/aromatic N) is 1. The average molecular weight is 265 g/mol. The Kier molecular flexibility index (Phi) is 2.96. The molecule has 2 aromatic heterocycles. The number of allylic oxidation sites excluding steroid dienone is 1. The Morgan fingerprint density at radius 2 is 1.84 bits per heavy atom. The number of hydrogen-bond acceptors (Lipinski definition) is 2. The fraction of sp³-hybridized carbons (Fsp3) is 0.118. The molecule has 0 aliphatic carbocycles. The van der Waals surface area contributed by atoms with Crippen molar-refractivity contribution in [3.63, 3.8) is 0 Å². The molecule has 94 valence electrons. The fourth-order valence-corrected chi connectivity index (χ4v) is 3.19. The Hall–Kier alpha value is -1.93. The van der Waals surface area contributed by atoms with Crippen LogP contribution in [-0.2, 0) is 0 Å². The molecule has 0 unspecified atom stereocenters. The first-order chi connectivity index (χ1) is 9.18. The minimum absolute atomic E-state index is 1.01. The smallest absolute Gasteiger partial charge is 0.0749 e. The van der Waals surface area contributed by atoms with Crippen LogP contribution in [0.1, 0.15) is 18.3 Å². The lowest BCUT2D eigenvalue weighted by atomic mass is 9.98. The minimum Gasteiger partial charge on any atom is -0.252 e. The molecule has 1 nitrogen and oxygen atoms in total. The van der Waals surface area contributed by atoms with Crippen LogP contribution in [0, 0.1) is 6.92 Å². The summed E-state index contributed by atoms with van der Waals surface area (Å²) in [5.74, 6) is 0. The van der Waals surface area contributed by atoms with Crippen LogP contribution in [0.2, 0.25) is 0 Å². The van der Waals surface area contributed by atoms with Crippen molar-refractivity contribution in [2.24, 2.45) is 0 Å². The fourth-order valence-electron chi connectivity index (χ4n) is 2.41. The minimum atomic E-state index is 1.01. The molecule has 0 amide bonds. The van der Waals surface area contributed by atoms with Gasteiger partial charge in [-0.2, -0.15) is 0 Å². The van der Waals surface area contributed by atoms with E-state index in [1.54, 1.807) is 11.3 Å². The lowest BCUT2D eigenvalue weighted by Crippen LogP contribution is -1.95. The Balaban J connectivity index is 2.48. The van der Waals surface area contributed by atoms with E-state index in [0.717, 1.165) is 17.0 Å². The topological polar surface area (TPSA) is 12.9 Å². The van der Waals surface area contributed by atoms with Crippen molar-refractivity contribution >= 4 is 27.7 Å². The van der Waals surface area contributed by atoms with E-state index in [1.165, 1.54) is 21.2 Å². The molecule has 0 atom stereocenters. The summed E-state index contributed by atoms with van der Waals surface area (Å²) in [5.41, 5.74) is 4.30. The molecule has 2 heteroatoms. The first-order valence-corrected chi connectivity index (χ1v) is 7.15. The highest BCUT2D eigenvalue weighted by atomic mass is 32.1. The zero-order chi connectivity index (χ0) is 13.4. The molecule has 0 aliphatic heterocycles. The Bertz CT molecular complexity index is 754. The monoisotopic (exact) mass is 265 g/mol. The summed E-state index contributed by atoms with van der Waals surface area (Å²) < 4.78 is 0. The van der Waals surface area contributed by atoms with Crippen LogP contribution in [0.4, 0.5) is 0 Å². The van der Waals surface area contributed by atoms with E-state index in [-0.39, 0.29) is 0 Å². The van der Waals surface area contributed by atoms with E-state index in [1.807, 2.05) is 6.92 Å². The molecule has 19 heavy (non-hydrogen) atoms. The zero-order valence-corrected chi connectivity index (χ0v) is 11.9. The van der Waals surface area contributed by atoms with Gasteiger partial charge in [0.05, 0.1) is 5.69 Å². The molecular formula is C17H15NS. The van der Waals surface area contributed by atoms with Gasteiger partial charge in [-0.25, -0.2) is 0 Å². The van der Waals surface area contributed by atoms with Gasteiger partial charge in [0.25, 0.3) is 0 Å². The molecule has 0 saturated heterocycles. The van der Waals surface area contributed by atoms with Crippen molar-refractivity contribution in [3.8, 4) is 10.4 Å². The lowest BCUT2D eigenvalue weighted by molar-refractivity contribution is 1.20. The van der Waals surface area contributed by atoms with Crippen LogP contribution in [-0.4, -0.2) is 4.98 Å². The van der Waals surface area contributed by atoms with Crippen LogP contribution in [0.5, 0.6) is 0 Å². The summed E-state index contributed by atoms with van der Waals surface area (Å²) in [6, 6.07) is 12.7. The molecule has 3 aromatic rings. The molecule has 0 aliphatic rings. The van der Waals surface area contributed by atoms with Crippen LogP contribution in [0.15, 0.2) is 48.4 Å². The standard InChI is InChI=1S/C17H15NS/c1-11(2)17-16(15-9-6-10-19-15)14-8-5-4-7-13(14)12(3)18-17/h4-10H,1H2,2-3H3. The number of thiophene rings is 1. The Morgan fingerprint density at radius 1 is 1.11 bits per heavy atom. The Morgan fingerprint density at radius 3 is 2.47 bits per heavy atom. The normalized spacial score (nSPS) is 10.8. The maximum Gasteiger partial charge on any atom is 0.0749 e. The van der Waals surface area contributed by atoms with Crippen LogP contribution < -0.4 is 0 Å². The maximum atomic E-state index is 4.76. The van der Waals surface area contributed by atoms with Gasteiger partial charge >= 0.3 is 0 Å². The van der Waals surface area contributed by atoms with Gasteiger partial charge in [-0.3, -0.25) is 4.98 Å². The van der Waals surface area contributed by atoms with E-state index >= 15 is 0 Å². The predicted molar refractivity (Wildman–Crippen MR) is 84.5 cm³/mol. The molecule has 3 rings (SSSR count). The van der Waals surface area contributed by atoms with Gasteiger partial charge in [-0.05, 0) is 36.3 Å². The van der Waals surface area contributed by atoms with E-state index in [9.17, 15) is 0 Å². The average Bonchev–Trinajstić information content (AvgIpc) is 2.92. The first-order valence-electron chi connectivity index (χ1n) is 6.27. The van der Waals surface area contributed by atoms with E-state index in [2.05, 4.69) is 55.3 Å². The van der Waals surface area contributed by atoms with Crippen molar-refractivity contribution in [2.45, 2.75) is 13.8 Å². The molecule has 0 fully saturated rings. The highest BCUT2D eigenvalue weighted by molar-refractivity contribution is 7.13. The van der Waals surface area contributed by atoms with Crippen LogP contribution in [0.25, 0.3) is 26.8 Å². The van der Waals surface area contributed by atoms with Gasteiger partial charge in [-0.15, -0.1) is 11.3 Å². The molecule has 0 radical (unpaired) electrons. The van der Waals surface area contributed by atoms with Gasteiger partial charge in [0.15, 0.2) is 0 Å². The highest BCUT2D eigenvalue weighted by Crippen LogP contribution is 2.37. The van der Waals surface area contributed by atoms with Gasteiger partial charge in [0, 0.05) is 21.5 Å². The van der Waals surface area contributed by atoms with Gasteiger partial charge < -0.3 is 0 Å². The number of aryl methyl sites for hydroxylation is 1. The SMILES string of the molecule is C=C(C)c1nc(C)c2ccccc2c1-c1cccs1. The highest BCUT2D eigenvalue weighted by Gasteiger charge is 2.14. The maximum absolute atomic E-state index is 4.76. The summed E-state index contributed by atoms with van der Waals surface area (Å²) in [6.45, 7) is 8.17. The number of rotatable bonds is 2. The second-order valence-corrected chi connectivity index (χ2v) is 5.67. The van der Waals surface area contributed by atoms with E-state index in [0.29, 0.717) is 0 Å². The number of fused-ring (bicyclic) bond motifs is 1. The summed E-state index contributed by atoms with van der Waals surface area (Å²) in [6.07, 6.45) is 0. The molecule has 0 N–H and O–H groups in total. The zero-order valence-electron chi connectivity index (χ0n) is 11.1. The van der Waals surface area contributed by atoms with Crippen molar-refractivity contribution in [2.75, 3.05) is 0 Å². The summed E-state index contributed by atoms with van der Waals surface area (Å²) in [4.78, 5) is 6.02. The second-order valence-electron chi connectivity index (χ2n) is 4.72. The largest absolute Gasteiger partial charge is 0.252 e. The third-order valence-electron chi connectivity index (χ3n) is 3.27. The van der Waals surface area contributed by atoms with Crippen LogP contribution in [0.3, 0.4) is 0 Å². The van der Waals surface area contributed by atoms with Crippen molar-refractivity contribution < 1.29 is 0 Å². The lowest BCUT2D eigenvalue weighted by Gasteiger charge is -2.13. The first kappa shape index (κ1) is 12.1.